The van der Waals surface area contributed by atoms with E-state index < -0.39 is 23.4 Å². The van der Waals surface area contributed by atoms with Crippen LogP contribution in [0.15, 0.2) is 66.7 Å². The van der Waals surface area contributed by atoms with Crippen LogP contribution in [0.4, 0.5) is 26.3 Å². The van der Waals surface area contributed by atoms with Crippen LogP contribution < -0.4 is 0 Å². The Balaban J connectivity index is 1.36. The molecule has 4 rings (SSSR count). The van der Waals surface area contributed by atoms with E-state index in [4.69, 9.17) is 0 Å². The third kappa shape index (κ3) is 7.67. The lowest BCUT2D eigenvalue weighted by Crippen LogP contribution is -2.08. The number of hydrogen-bond donors (Lipinski definition) is 0. The second-order valence-corrected chi connectivity index (χ2v) is 10.5. The van der Waals surface area contributed by atoms with Crippen molar-refractivity contribution in [1.82, 2.24) is 0 Å². The van der Waals surface area contributed by atoms with Gasteiger partial charge in [-0.15, -0.1) is 0 Å². The molecule has 6 heteroatoms. The minimum atomic E-state index is -4.75. The number of hydrogen-bond acceptors (Lipinski definition) is 0. The fraction of sp³-hybridized carbons (Fsp3) is 0.353. The van der Waals surface area contributed by atoms with Crippen molar-refractivity contribution in [2.45, 2.75) is 77.3 Å². The van der Waals surface area contributed by atoms with Crippen LogP contribution in [0.5, 0.6) is 0 Å². The zero-order chi connectivity index (χ0) is 28.7. The van der Waals surface area contributed by atoms with E-state index in [1.165, 1.54) is 31.7 Å². The lowest BCUT2D eigenvalue weighted by atomic mass is 9.96. The largest absolute Gasteiger partial charge is 0.419 e. The van der Waals surface area contributed by atoms with E-state index in [0.717, 1.165) is 41.5 Å². The van der Waals surface area contributed by atoms with Crippen LogP contribution in [0.2, 0.25) is 0 Å². The molecule has 0 aliphatic carbocycles. The molecule has 0 bridgehead atoms. The summed E-state index contributed by atoms with van der Waals surface area (Å²) in [6.07, 6.45) is 3.63. The van der Waals surface area contributed by atoms with Gasteiger partial charge in [0.05, 0.1) is 5.56 Å². The summed E-state index contributed by atoms with van der Waals surface area (Å²) >= 11 is 0. The highest BCUT2D eigenvalue weighted by molar-refractivity contribution is 5.84. The summed E-state index contributed by atoms with van der Waals surface area (Å²) in [5, 5.41) is 1.16. The summed E-state index contributed by atoms with van der Waals surface area (Å²) < 4.78 is 82.2. The first-order chi connectivity index (χ1) is 19.2. The molecule has 0 nitrogen and oxygen atoms in total. The second kappa shape index (κ2) is 13.4. The fourth-order valence-corrected chi connectivity index (χ4v) is 5.12. The highest BCUT2D eigenvalue weighted by atomic mass is 19.4. The van der Waals surface area contributed by atoms with Crippen LogP contribution in [-0.4, -0.2) is 0 Å². The number of alkyl halides is 3. The van der Waals surface area contributed by atoms with Crippen molar-refractivity contribution in [2.24, 2.45) is 0 Å². The molecule has 0 atom stereocenters. The van der Waals surface area contributed by atoms with Crippen molar-refractivity contribution in [3.8, 4) is 0 Å². The van der Waals surface area contributed by atoms with Crippen LogP contribution in [0.1, 0.15) is 72.4 Å². The minimum absolute atomic E-state index is 0.185. The summed E-state index contributed by atoms with van der Waals surface area (Å²) in [7, 11) is 0. The summed E-state index contributed by atoms with van der Waals surface area (Å²) in [5.41, 5.74) is 2.13. The third-order valence-corrected chi connectivity index (χ3v) is 7.49. The standard InChI is InChI=1S/C34H34F6/c1-2-3-4-5-6-7-23-8-13-26(31(35)21-23)14-9-24-11-18-29-28(20-24)17-16-27(33(29)37)15-10-25-12-19-30(32(36)22-25)34(38,39)40/h8,11-13,16-22H,2-7,9-10,14-15H2,1H3. The van der Waals surface area contributed by atoms with Crippen LogP contribution in [0.3, 0.4) is 0 Å². The first kappa shape index (κ1) is 29.7. The average molecular weight is 557 g/mol. The van der Waals surface area contributed by atoms with Gasteiger partial charge in [0.1, 0.15) is 17.5 Å². The molecule has 0 aromatic heterocycles. The van der Waals surface area contributed by atoms with Crippen molar-refractivity contribution >= 4 is 10.8 Å². The van der Waals surface area contributed by atoms with Crippen molar-refractivity contribution in [1.29, 1.82) is 0 Å². The Bertz CT molecular complexity index is 1440. The van der Waals surface area contributed by atoms with Crippen molar-refractivity contribution in [3.63, 3.8) is 0 Å². The molecule has 0 fully saturated rings. The lowest BCUT2D eigenvalue weighted by molar-refractivity contribution is -0.140. The smallest absolute Gasteiger partial charge is 0.207 e. The molecular weight excluding hydrogens is 522 g/mol. The Morgan fingerprint density at radius 1 is 0.550 bits per heavy atom. The number of fused-ring (bicyclic) bond motifs is 1. The van der Waals surface area contributed by atoms with Gasteiger partial charge in [0, 0.05) is 5.39 Å². The second-order valence-electron chi connectivity index (χ2n) is 10.5. The predicted octanol–water partition coefficient (Wildman–Crippen LogP) is 10.4. The normalized spacial score (nSPS) is 11.9. The first-order valence-electron chi connectivity index (χ1n) is 14.0. The topological polar surface area (TPSA) is 0 Å². The quantitative estimate of drug-likeness (QED) is 0.120. The molecule has 0 aliphatic rings. The lowest BCUT2D eigenvalue weighted by Gasteiger charge is -2.11. The Morgan fingerprint density at radius 3 is 1.85 bits per heavy atom. The Kier molecular flexibility index (Phi) is 9.94. The van der Waals surface area contributed by atoms with Gasteiger partial charge in [0.15, 0.2) is 0 Å². The number of halogens is 6. The predicted molar refractivity (Wildman–Crippen MR) is 149 cm³/mol. The van der Waals surface area contributed by atoms with Gasteiger partial charge in [0.2, 0.25) is 0 Å². The highest BCUT2D eigenvalue weighted by Crippen LogP contribution is 2.32. The maximum absolute atomic E-state index is 15.2. The fourth-order valence-electron chi connectivity index (χ4n) is 5.12. The number of rotatable bonds is 12. The maximum Gasteiger partial charge on any atom is 0.419 e. The van der Waals surface area contributed by atoms with E-state index in [1.807, 2.05) is 24.3 Å². The molecule has 0 aliphatic heterocycles. The molecule has 0 N–H and O–H groups in total. The average Bonchev–Trinajstić information content (AvgIpc) is 2.91. The van der Waals surface area contributed by atoms with Gasteiger partial charge in [-0.1, -0.05) is 81.1 Å². The van der Waals surface area contributed by atoms with Gasteiger partial charge >= 0.3 is 6.18 Å². The van der Waals surface area contributed by atoms with Gasteiger partial charge in [0.25, 0.3) is 0 Å². The molecular formula is C34H34F6. The molecule has 40 heavy (non-hydrogen) atoms. The SMILES string of the molecule is CCCCCCCc1ccc(CCc2ccc3c(F)c(CCc4ccc(C(F)(F)F)c(F)c4)ccc3c2)c(F)c1. The van der Waals surface area contributed by atoms with Crippen molar-refractivity contribution in [2.75, 3.05) is 0 Å². The monoisotopic (exact) mass is 556 g/mol. The molecule has 0 radical (unpaired) electrons. The molecule has 4 aromatic rings. The van der Waals surface area contributed by atoms with Crippen LogP contribution in [-0.2, 0) is 38.3 Å². The van der Waals surface area contributed by atoms with Crippen LogP contribution >= 0.6 is 0 Å². The van der Waals surface area contributed by atoms with E-state index in [1.54, 1.807) is 24.3 Å². The molecule has 0 spiro atoms. The zero-order valence-corrected chi connectivity index (χ0v) is 22.7. The number of aryl methyl sites for hydroxylation is 5. The van der Waals surface area contributed by atoms with E-state index in [9.17, 15) is 22.0 Å². The van der Waals surface area contributed by atoms with Gasteiger partial charge in [-0.2, -0.15) is 13.2 Å². The Morgan fingerprint density at radius 2 is 1.15 bits per heavy atom. The zero-order valence-electron chi connectivity index (χ0n) is 22.7. The number of benzene rings is 4. The third-order valence-electron chi connectivity index (χ3n) is 7.49. The maximum atomic E-state index is 15.2. The summed E-state index contributed by atoms with van der Waals surface area (Å²) in [6, 6.07) is 17.2. The first-order valence-corrected chi connectivity index (χ1v) is 14.0. The van der Waals surface area contributed by atoms with E-state index >= 15 is 4.39 Å². The van der Waals surface area contributed by atoms with Crippen LogP contribution in [0, 0.1) is 17.5 Å². The van der Waals surface area contributed by atoms with Crippen molar-refractivity contribution in [3.05, 3.63) is 118 Å². The number of unbranched alkanes of at least 4 members (excludes halogenated alkanes) is 4. The molecule has 4 aromatic carbocycles. The Labute approximate surface area is 232 Å². The Hall–Kier alpha value is -3.28. The van der Waals surface area contributed by atoms with Crippen molar-refractivity contribution < 1.29 is 26.3 Å². The van der Waals surface area contributed by atoms with E-state index in [-0.39, 0.29) is 18.7 Å². The van der Waals surface area contributed by atoms with Gasteiger partial charge in [-0.3, -0.25) is 0 Å². The molecule has 0 unspecified atom stereocenters. The van der Waals surface area contributed by atoms with Crippen LogP contribution in [0.25, 0.3) is 10.8 Å². The molecule has 0 saturated carbocycles. The van der Waals surface area contributed by atoms with E-state index in [2.05, 4.69) is 6.92 Å². The summed E-state index contributed by atoms with van der Waals surface area (Å²) in [4.78, 5) is 0. The molecule has 0 heterocycles. The molecule has 0 amide bonds. The highest BCUT2D eigenvalue weighted by Gasteiger charge is 2.33. The minimum Gasteiger partial charge on any atom is -0.207 e. The molecule has 0 saturated heterocycles. The van der Waals surface area contributed by atoms with Gasteiger partial charge < -0.3 is 0 Å². The molecule has 212 valence electrons. The van der Waals surface area contributed by atoms with Gasteiger partial charge in [-0.25, -0.2) is 13.2 Å². The van der Waals surface area contributed by atoms with E-state index in [0.29, 0.717) is 34.9 Å². The summed E-state index contributed by atoms with van der Waals surface area (Å²) in [6.45, 7) is 2.18. The summed E-state index contributed by atoms with van der Waals surface area (Å²) in [5.74, 6) is -1.91. The van der Waals surface area contributed by atoms with Gasteiger partial charge in [-0.05, 0) is 89.9 Å².